The molecule has 0 radical (unpaired) electrons. The number of nitrogens with zero attached hydrogens (tertiary/aromatic N) is 1. The summed E-state index contributed by atoms with van der Waals surface area (Å²) in [5.41, 5.74) is 6.28. The molecule has 0 aliphatic rings. The van der Waals surface area contributed by atoms with E-state index in [4.69, 9.17) is 17.3 Å². The summed E-state index contributed by atoms with van der Waals surface area (Å²) in [6.07, 6.45) is 0. The molecule has 5 nitrogen and oxygen atoms in total. The van der Waals surface area contributed by atoms with Crippen molar-refractivity contribution < 1.29 is 13.2 Å². The summed E-state index contributed by atoms with van der Waals surface area (Å²) in [6.45, 7) is 0.147. The quantitative estimate of drug-likeness (QED) is 0.812. The monoisotopic (exact) mass is 416 g/mol. The lowest BCUT2D eigenvalue weighted by atomic mass is 10.1. The van der Waals surface area contributed by atoms with Crippen LogP contribution >= 0.6 is 27.5 Å². The van der Waals surface area contributed by atoms with Crippen LogP contribution in [0.2, 0.25) is 5.02 Å². The minimum absolute atomic E-state index is 0.0404. The lowest BCUT2D eigenvalue weighted by Crippen LogP contribution is -2.26. The zero-order valence-corrected chi connectivity index (χ0v) is 15.3. The molecular weight excluding hydrogens is 404 g/mol. The molecule has 0 atom stereocenters. The molecule has 2 rings (SSSR count). The molecular formula is C15H14BrClN2O3S. The Morgan fingerprint density at radius 2 is 1.83 bits per heavy atom. The van der Waals surface area contributed by atoms with Crippen LogP contribution in [-0.2, 0) is 16.6 Å². The van der Waals surface area contributed by atoms with Gasteiger partial charge in [0.15, 0.2) is 0 Å². The van der Waals surface area contributed by atoms with E-state index in [2.05, 4.69) is 15.9 Å². The second-order valence-corrected chi connectivity index (χ2v) is 8.23. The van der Waals surface area contributed by atoms with E-state index >= 15 is 0 Å². The first-order valence-electron chi connectivity index (χ1n) is 6.52. The third kappa shape index (κ3) is 4.11. The molecule has 0 bridgehead atoms. The maximum atomic E-state index is 12.6. The molecule has 8 heteroatoms. The zero-order valence-electron chi connectivity index (χ0n) is 12.2. The Balaban J connectivity index is 2.24. The number of carbonyl (C=O) groups excluding carboxylic acids is 1. The van der Waals surface area contributed by atoms with Gasteiger partial charge in [0.2, 0.25) is 15.9 Å². The number of amides is 1. The third-order valence-electron chi connectivity index (χ3n) is 3.23. The van der Waals surface area contributed by atoms with Crippen molar-refractivity contribution in [3.63, 3.8) is 0 Å². The van der Waals surface area contributed by atoms with Gasteiger partial charge in [-0.25, -0.2) is 8.42 Å². The number of halogens is 2. The van der Waals surface area contributed by atoms with E-state index in [1.807, 2.05) is 0 Å². The van der Waals surface area contributed by atoms with Crippen LogP contribution < -0.4 is 5.73 Å². The van der Waals surface area contributed by atoms with E-state index in [1.54, 1.807) is 30.3 Å². The smallest absolute Gasteiger partial charge is 0.248 e. The van der Waals surface area contributed by atoms with Crippen LogP contribution in [0.25, 0.3) is 0 Å². The molecule has 122 valence electrons. The highest BCUT2D eigenvalue weighted by atomic mass is 79.9. The average Bonchev–Trinajstić information content (AvgIpc) is 2.47. The minimum Gasteiger partial charge on any atom is -0.366 e. The normalized spacial score (nSPS) is 11.7. The Morgan fingerprint density at radius 1 is 1.22 bits per heavy atom. The van der Waals surface area contributed by atoms with Crippen molar-refractivity contribution in [2.45, 2.75) is 11.4 Å². The fraction of sp³-hybridized carbons (Fsp3) is 0.133. The largest absolute Gasteiger partial charge is 0.366 e. The van der Waals surface area contributed by atoms with Crippen LogP contribution in [0.3, 0.4) is 0 Å². The molecule has 0 aromatic heterocycles. The summed E-state index contributed by atoms with van der Waals surface area (Å²) < 4.78 is 27.1. The standard InChI is InChI=1S/C15H14BrClN2O3S/c1-19(9-10-2-4-11(5-3-10)15(18)20)23(21,22)14-7-6-12(16)8-13(14)17/h2-8H,9H2,1H3,(H2,18,20). The Kier molecular flexibility index (Phi) is 5.46. The number of sulfonamides is 1. The van der Waals surface area contributed by atoms with Crippen molar-refractivity contribution in [2.75, 3.05) is 7.05 Å². The van der Waals surface area contributed by atoms with Gasteiger partial charge in [-0.3, -0.25) is 4.79 Å². The number of benzene rings is 2. The molecule has 0 unspecified atom stereocenters. The predicted octanol–water partition coefficient (Wildman–Crippen LogP) is 3.02. The van der Waals surface area contributed by atoms with Crippen LogP contribution in [0.4, 0.5) is 0 Å². The van der Waals surface area contributed by atoms with Crippen LogP contribution in [0.5, 0.6) is 0 Å². The molecule has 2 N–H and O–H groups in total. The van der Waals surface area contributed by atoms with Gasteiger partial charge in [0.1, 0.15) is 4.90 Å². The van der Waals surface area contributed by atoms with Crippen molar-refractivity contribution in [3.05, 3.63) is 63.1 Å². The van der Waals surface area contributed by atoms with Gasteiger partial charge in [0.05, 0.1) is 5.02 Å². The average molecular weight is 418 g/mol. The molecule has 2 aromatic rings. The Morgan fingerprint density at radius 3 is 2.35 bits per heavy atom. The van der Waals surface area contributed by atoms with Crippen molar-refractivity contribution in [3.8, 4) is 0 Å². The molecule has 0 saturated carbocycles. The highest BCUT2D eigenvalue weighted by Gasteiger charge is 2.23. The van der Waals surface area contributed by atoms with Gasteiger partial charge in [0, 0.05) is 23.6 Å². The van der Waals surface area contributed by atoms with Crippen LogP contribution in [-0.4, -0.2) is 25.7 Å². The Labute approximate surface area is 148 Å². The molecule has 0 spiro atoms. The molecule has 0 aliphatic carbocycles. The van der Waals surface area contributed by atoms with E-state index in [0.717, 1.165) is 5.56 Å². The number of hydrogen-bond acceptors (Lipinski definition) is 3. The number of carbonyl (C=O) groups is 1. The predicted molar refractivity (Wildman–Crippen MR) is 92.8 cm³/mol. The summed E-state index contributed by atoms with van der Waals surface area (Å²) in [7, 11) is -2.25. The second-order valence-electron chi connectivity index (χ2n) is 4.90. The molecule has 2 aromatic carbocycles. The molecule has 0 heterocycles. The number of nitrogens with two attached hydrogens (primary N) is 1. The number of hydrogen-bond donors (Lipinski definition) is 1. The maximum absolute atomic E-state index is 12.6. The van der Waals surface area contributed by atoms with E-state index in [0.29, 0.717) is 10.0 Å². The number of primary amides is 1. The van der Waals surface area contributed by atoms with Gasteiger partial charge in [0.25, 0.3) is 0 Å². The molecule has 0 saturated heterocycles. The van der Waals surface area contributed by atoms with E-state index in [-0.39, 0.29) is 16.5 Å². The zero-order chi connectivity index (χ0) is 17.2. The van der Waals surface area contributed by atoms with E-state index in [9.17, 15) is 13.2 Å². The Hall–Kier alpha value is -1.41. The topological polar surface area (TPSA) is 80.5 Å². The van der Waals surface area contributed by atoms with Crippen molar-refractivity contribution in [1.29, 1.82) is 0 Å². The van der Waals surface area contributed by atoms with Gasteiger partial charge in [-0.1, -0.05) is 39.7 Å². The fourth-order valence-corrected chi connectivity index (χ4v) is 4.13. The first-order valence-corrected chi connectivity index (χ1v) is 9.13. The highest BCUT2D eigenvalue weighted by molar-refractivity contribution is 9.10. The SMILES string of the molecule is CN(Cc1ccc(C(N)=O)cc1)S(=O)(=O)c1ccc(Br)cc1Cl. The summed E-state index contributed by atoms with van der Waals surface area (Å²) in [6, 6.07) is 11.0. The van der Waals surface area contributed by atoms with E-state index < -0.39 is 15.9 Å². The van der Waals surface area contributed by atoms with Gasteiger partial charge in [-0.15, -0.1) is 0 Å². The van der Waals surface area contributed by atoms with Crippen LogP contribution in [0.1, 0.15) is 15.9 Å². The van der Waals surface area contributed by atoms with Gasteiger partial charge in [-0.05, 0) is 35.9 Å². The van der Waals surface area contributed by atoms with Crippen molar-refractivity contribution in [1.82, 2.24) is 4.31 Å². The van der Waals surface area contributed by atoms with Gasteiger partial charge in [-0.2, -0.15) is 4.31 Å². The van der Waals surface area contributed by atoms with Gasteiger partial charge < -0.3 is 5.73 Å². The summed E-state index contributed by atoms with van der Waals surface area (Å²) in [5.74, 6) is -0.529. The summed E-state index contributed by atoms with van der Waals surface area (Å²) in [5, 5.41) is 0.148. The highest BCUT2D eigenvalue weighted by Crippen LogP contribution is 2.27. The van der Waals surface area contributed by atoms with E-state index in [1.165, 1.54) is 23.5 Å². The minimum atomic E-state index is -3.72. The Bertz CT molecular complexity index is 838. The third-order valence-corrected chi connectivity index (χ3v) is 6.01. The van der Waals surface area contributed by atoms with Crippen molar-refractivity contribution in [2.24, 2.45) is 5.73 Å². The summed E-state index contributed by atoms with van der Waals surface area (Å²) in [4.78, 5) is 11.1. The van der Waals surface area contributed by atoms with Gasteiger partial charge >= 0.3 is 0 Å². The van der Waals surface area contributed by atoms with Crippen LogP contribution in [0, 0.1) is 0 Å². The second kappa shape index (κ2) is 7.00. The van der Waals surface area contributed by atoms with Crippen LogP contribution in [0.15, 0.2) is 51.8 Å². The first kappa shape index (κ1) is 17.9. The van der Waals surface area contributed by atoms with Crippen molar-refractivity contribution >= 4 is 43.5 Å². The fourth-order valence-electron chi connectivity index (χ4n) is 1.97. The number of rotatable bonds is 5. The first-order chi connectivity index (χ1) is 10.7. The summed E-state index contributed by atoms with van der Waals surface area (Å²) >= 11 is 9.27. The molecule has 0 aliphatic heterocycles. The lowest BCUT2D eigenvalue weighted by molar-refractivity contribution is 0.1000. The molecule has 0 fully saturated rings. The lowest BCUT2D eigenvalue weighted by Gasteiger charge is -2.18. The molecule has 23 heavy (non-hydrogen) atoms. The molecule has 1 amide bonds. The maximum Gasteiger partial charge on any atom is 0.248 e.